The van der Waals surface area contributed by atoms with Gasteiger partial charge in [-0.25, -0.2) is 18.0 Å². The van der Waals surface area contributed by atoms with Gasteiger partial charge < -0.3 is 10.4 Å². The Labute approximate surface area is 112 Å². The van der Waals surface area contributed by atoms with E-state index in [9.17, 15) is 18.0 Å². The van der Waals surface area contributed by atoms with E-state index in [1.165, 1.54) is 12.1 Å². The minimum Gasteiger partial charge on any atom is -0.478 e. The molecule has 0 unspecified atom stereocenters. The number of carbonyl (C=O) groups is 1. The van der Waals surface area contributed by atoms with Gasteiger partial charge in [-0.3, -0.25) is 0 Å². The molecular formula is C14H10F3NO2. The van der Waals surface area contributed by atoms with E-state index in [0.717, 1.165) is 24.3 Å². The first-order chi connectivity index (χ1) is 9.47. The van der Waals surface area contributed by atoms with Crippen molar-refractivity contribution >= 4 is 11.7 Å². The lowest BCUT2D eigenvalue weighted by atomic mass is 10.1. The Hall–Kier alpha value is -2.50. The van der Waals surface area contributed by atoms with Crippen LogP contribution in [-0.2, 0) is 6.54 Å². The molecule has 2 rings (SSSR count). The van der Waals surface area contributed by atoms with Crippen LogP contribution in [0.4, 0.5) is 18.9 Å². The van der Waals surface area contributed by atoms with Gasteiger partial charge in [-0.2, -0.15) is 0 Å². The number of aromatic carboxylic acids is 1. The van der Waals surface area contributed by atoms with Crippen LogP contribution in [0.15, 0.2) is 36.4 Å². The van der Waals surface area contributed by atoms with Crippen molar-refractivity contribution in [2.45, 2.75) is 6.54 Å². The van der Waals surface area contributed by atoms with Crippen molar-refractivity contribution in [2.24, 2.45) is 0 Å². The van der Waals surface area contributed by atoms with Crippen molar-refractivity contribution in [3.8, 4) is 0 Å². The second-order valence-electron chi connectivity index (χ2n) is 4.08. The molecule has 0 saturated carbocycles. The lowest BCUT2D eigenvalue weighted by Gasteiger charge is -2.10. The summed E-state index contributed by atoms with van der Waals surface area (Å²) in [7, 11) is 0. The predicted molar refractivity (Wildman–Crippen MR) is 67.0 cm³/mol. The largest absolute Gasteiger partial charge is 0.478 e. The van der Waals surface area contributed by atoms with Crippen molar-refractivity contribution in [1.82, 2.24) is 0 Å². The Morgan fingerprint density at radius 3 is 2.35 bits per heavy atom. The molecule has 0 aliphatic carbocycles. The van der Waals surface area contributed by atoms with E-state index >= 15 is 0 Å². The lowest BCUT2D eigenvalue weighted by Crippen LogP contribution is -2.08. The van der Waals surface area contributed by atoms with Gasteiger partial charge in [-0.05, 0) is 24.3 Å². The lowest BCUT2D eigenvalue weighted by molar-refractivity contribution is 0.0697. The molecule has 0 radical (unpaired) electrons. The Morgan fingerprint density at radius 2 is 1.70 bits per heavy atom. The Morgan fingerprint density at radius 1 is 1.05 bits per heavy atom. The first kappa shape index (κ1) is 13.9. The fourth-order valence-electron chi connectivity index (χ4n) is 1.70. The van der Waals surface area contributed by atoms with Gasteiger partial charge in [-0.1, -0.05) is 6.07 Å². The summed E-state index contributed by atoms with van der Waals surface area (Å²) >= 11 is 0. The first-order valence-electron chi connectivity index (χ1n) is 5.68. The first-order valence-corrected chi connectivity index (χ1v) is 5.68. The molecule has 0 amide bonds. The van der Waals surface area contributed by atoms with Crippen LogP contribution >= 0.6 is 0 Å². The number of carboxylic acid groups (broad SMARTS) is 1. The second-order valence-corrected chi connectivity index (χ2v) is 4.08. The standard InChI is InChI=1S/C14H10F3NO2/c15-9-3-4-13(11(5-9)14(19)20)18-7-8-1-2-10(16)6-12(8)17/h1-6,18H,7H2,(H,19,20). The molecule has 6 heteroatoms. The van der Waals surface area contributed by atoms with E-state index < -0.39 is 23.4 Å². The molecule has 0 saturated heterocycles. The third-order valence-corrected chi connectivity index (χ3v) is 2.70. The summed E-state index contributed by atoms with van der Waals surface area (Å²) < 4.78 is 39.2. The number of anilines is 1. The molecule has 0 aliphatic rings. The molecule has 3 nitrogen and oxygen atoms in total. The fraction of sp³-hybridized carbons (Fsp3) is 0.0714. The zero-order chi connectivity index (χ0) is 14.7. The van der Waals surface area contributed by atoms with Crippen LogP contribution in [0.5, 0.6) is 0 Å². The molecule has 2 N–H and O–H groups in total. The van der Waals surface area contributed by atoms with Crippen LogP contribution in [0.3, 0.4) is 0 Å². The maximum Gasteiger partial charge on any atom is 0.337 e. The predicted octanol–water partition coefficient (Wildman–Crippen LogP) is 3.41. The van der Waals surface area contributed by atoms with E-state index in [0.29, 0.717) is 0 Å². The van der Waals surface area contributed by atoms with Gasteiger partial charge >= 0.3 is 5.97 Å². The van der Waals surface area contributed by atoms with Gasteiger partial charge in [0.15, 0.2) is 0 Å². The number of hydrogen-bond donors (Lipinski definition) is 2. The minimum absolute atomic E-state index is 0.0436. The van der Waals surface area contributed by atoms with Crippen LogP contribution in [0.2, 0.25) is 0 Å². The van der Waals surface area contributed by atoms with Crippen molar-refractivity contribution < 1.29 is 23.1 Å². The molecule has 0 fully saturated rings. The molecule has 0 heterocycles. The van der Waals surface area contributed by atoms with Gasteiger partial charge in [0.25, 0.3) is 0 Å². The highest BCUT2D eigenvalue weighted by molar-refractivity contribution is 5.94. The minimum atomic E-state index is -1.30. The average molecular weight is 281 g/mol. The molecular weight excluding hydrogens is 271 g/mol. The van der Waals surface area contributed by atoms with E-state index in [4.69, 9.17) is 5.11 Å². The van der Waals surface area contributed by atoms with Crippen molar-refractivity contribution in [1.29, 1.82) is 0 Å². The number of benzene rings is 2. The Balaban J connectivity index is 2.20. The molecule has 104 valence electrons. The molecule has 20 heavy (non-hydrogen) atoms. The maximum absolute atomic E-state index is 13.4. The molecule has 0 atom stereocenters. The highest BCUT2D eigenvalue weighted by Crippen LogP contribution is 2.19. The quantitative estimate of drug-likeness (QED) is 0.902. The van der Waals surface area contributed by atoms with Crippen LogP contribution in [0.25, 0.3) is 0 Å². The summed E-state index contributed by atoms with van der Waals surface area (Å²) in [6.45, 7) is -0.0436. The zero-order valence-corrected chi connectivity index (χ0v) is 10.2. The van der Waals surface area contributed by atoms with Gasteiger partial charge in [0.2, 0.25) is 0 Å². The fourth-order valence-corrected chi connectivity index (χ4v) is 1.70. The third-order valence-electron chi connectivity index (χ3n) is 2.70. The molecule has 0 aromatic heterocycles. The summed E-state index contributed by atoms with van der Waals surface area (Å²) in [5.41, 5.74) is 0.0715. The molecule has 0 aliphatic heterocycles. The summed E-state index contributed by atoms with van der Waals surface area (Å²) in [5.74, 6) is -3.41. The van der Waals surface area contributed by atoms with E-state index in [-0.39, 0.29) is 23.4 Å². The Kier molecular flexibility index (Phi) is 3.93. The van der Waals surface area contributed by atoms with Crippen molar-refractivity contribution in [2.75, 3.05) is 5.32 Å². The van der Waals surface area contributed by atoms with Crippen LogP contribution in [0, 0.1) is 17.5 Å². The van der Waals surface area contributed by atoms with E-state index in [2.05, 4.69) is 5.32 Å². The average Bonchev–Trinajstić information content (AvgIpc) is 2.38. The van der Waals surface area contributed by atoms with Crippen molar-refractivity contribution in [3.05, 3.63) is 65.0 Å². The third kappa shape index (κ3) is 3.09. The maximum atomic E-state index is 13.4. The second kappa shape index (κ2) is 5.64. The van der Waals surface area contributed by atoms with Gasteiger partial charge in [-0.15, -0.1) is 0 Å². The number of nitrogens with one attached hydrogen (secondary N) is 1. The van der Waals surface area contributed by atoms with Crippen LogP contribution < -0.4 is 5.32 Å². The van der Waals surface area contributed by atoms with Gasteiger partial charge in [0.1, 0.15) is 17.5 Å². The number of hydrogen-bond acceptors (Lipinski definition) is 2. The normalized spacial score (nSPS) is 10.3. The molecule has 2 aromatic rings. The van der Waals surface area contributed by atoms with Crippen LogP contribution in [-0.4, -0.2) is 11.1 Å². The van der Waals surface area contributed by atoms with Crippen molar-refractivity contribution in [3.63, 3.8) is 0 Å². The Bertz CT molecular complexity index is 659. The molecule has 2 aromatic carbocycles. The highest BCUT2D eigenvalue weighted by Gasteiger charge is 2.12. The number of rotatable bonds is 4. The SMILES string of the molecule is O=C(O)c1cc(F)ccc1NCc1ccc(F)cc1F. The highest BCUT2D eigenvalue weighted by atomic mass is 19.1. The summed E-state index contributed by atoms with van der Waals surface area (Å²) in [5, 5.41) is 11.6. The summed E-state index contributed by atoms with van der Waals surface area (Å²) in [6.07, 6.45) is 0. The molecule has 0 bridgehead atoms. The van der Waals surface area contributed by atoms with Gasteiger partial charge in [0.05, 0.1) is 5.56 Å². The number of halogens is 3. The zero-order valence-electron chi connectivity index (χ0n) is 10.2. The van der Waals surface area contributed by atoms with Gasteiger partial charge in [0, 0.05) is 23.9 Å². The van der Waals surface area contributed by atoms with E-state index in [1.54, 1.807) is 0 Å². The molecule has 0 spiro atoms. The monoisotopic (exact) mass is 281 g/mol. The number of carboxylic acids is 1. The summed E-state index contributed by atoms with van der Waals surface area (Å²) in [6, 6.07) is 6.30. The smallest absolute Gasteiger partial charge is 0.337 e. The van der Waals surface area contributed by atoms with E-state index in [1.807, 2.05) is 0 Å². The van der Waals surface area contributed by atoms with Crippen LogP contribution in [0.1, 0.15) is 15.9 Å². The summed E-state index contributed by atoms with van der Waals surface area (Å²) in [4.78, 5) is 11.0. The topological polar surface area (TPSA) is 49.3 Å².